The molecule has 0 amide bonds. The zero-order chi connectivity index (χ0) is 31.5. The van der Waals surface area contributed by atoms with Crippen LogP contribution in [0.1, 0.15) is 37.0 Å². The first-order valence-electron chi connectivity index (χ1n) is 16.4. The van der Waals surface area contributed by atoms with E-state index < -0.39 is 0 Å². The Labute approximate surface area is 275 Å². The molecule has 2 aliphatic carbocycles. The van der Waals surface area contributed by atoms with Gasteiger partial charge in [0.25, 0.3) is 0 Å². The minimum absolute atomic E-state index is 0.0319. The highest BCUT2D eigenvalue weighted by Crippen LogP contribution is 2.50. The third-order valence-electron chi connectivity index (χ3n) is 10.1. The molecule has 1 aromatic heterocycles. The number of oxazole rings is 1. The van der Waals surface area contributed by atoms with Crippen LogP contribution in [0.3, 0.4) is 0 Å². The molecule has 0 spiro atoms. The van der Waals surface area contributed by atoms with E-state index in [1.54, 1.807) is 0 Å². The summed E-state index contributed by atoms with van der Waals surface area (Å²) < 4.78 is 6.39. The van der Waals surface area contributed by atoms with Gasteiger partial charge in [-0.25, -0.2) is 4.98 Å². The monoisotopic (exact) mass is 606 g/mol. The Morgan fingerprint density at radius 2 is 1.43 bits per heavy atom. The van der Waals surface area contributed by atoms with Crippen LogP contribution in [-0.4, -0.2) is 11.0 Å². The van der Waals surface area contributed by atoms with Crippen LogP contribution in [0, 0.1) is 0 Å². The fourth-order valence-corrected chi connectivity index (χ4v) is 7.64. The largest absolute Gasteiger partial charge is 0.435 e. The fraction of sp³-hybridized carbons (Fsp3) is 0.114. The Morgan fingerprint density at radius 1 is 0.681 bits per heavy atom. The van der Waals surface area contributed by atoms with Crippen LogP contribution in [0.15, 0.2) is 156 Å². The summed E-state index contributed by atoms with van der Waals surface area (Å²) in [7, 11) is 0. The van der Waals surface area contributed by atoms with Gasteiger partial charge in [0.15, 0.2) is 5.58 Å². The van der Waals surface area contributed by atoms with Gasteiger partial charge < -0.3 is 9.32 Å². The number of nitrogens with zero attached hydrogens (tertiary/aromatic N) is 2. The van der Waals surface area contributed by atoms with Crippen molar-refractivity contribution < 1.29 is 4.42 Å². The summed E-state index contributed by atoms with van der Waals surface area (Å²) in [6.45, 7) is 4.67. The van der Waals surface area contributed by atoms with Gasteiger partial charge >= 0.3 is 0 Å². The normalized spacial score (nSPS) is 16.2. The summed E-state index contributed by atoms with van der Waals surface area (Å²) in [6, 6.07) is 47.9. The maximum atomic E-state index is 6.39. The van der Waals surface area contributed by atoms with Crippen LogP contribution in [0.5, 0.6) is 0 Å². The zero-order valence-electron chi connectivity index (χ0n) is 26.5. The first-order valence-corrected chi connectivity index (χ1v) is 16.4. The van der Waals surface area contributed by atoms with Crippen LogP contribution < -0.4 is 4.90 Å². The van der Waals surface area contributed by atoms with Gasteiger partial charge in [0, 0.05) is 27.7 Å². The van der Waals surface area contributed by atoms with Crippen molar-refractivity contribution in [2.75, 3.05) is 4.90 Å². The molecule has 226 valence electrons. The lowest BCUT2D eigenvalue weighted by Crippen LogP contribution is -2.30. The average molecular weight is 607 g/mol. The summed E-state index contributed by atoms with van der Waals surface area (Å²) in [5, 5.41) is 2.23. The summed E-state index contributed by atoms with van der Waals surface area (Å²) in [4.78, 5) is 7.36. The molecule has 3 heteroatoms. The van der Waals surface area contributed by atoms with Gasteiger partial charge in [-0.15, -0.1) is 0 Å². The predicted molar refractivity (Wildman–Crippen MR) is 195 cm³/mol. The third kappa shape index (κ3) is 4.53. The number of fused-ring (bicyclic) bond motifs is 6. The molecule has 0 aliphatic heterocycles. The molecule has 3 nitrogen and oxygen atoms in total. The van der Waals surface area contributed by atoms with Gasteiger partial charge in [-0.1, -0.05) is 123 Å². The smallest absolute Gasteiger partial charge is 0.227 e. The van der Waals surface area contributed by atoms with E-state index in [0.717, 1.165) is 39.5 Å². The topological polar surface area (TPSA) is 29.3 Å². The van der Waals surface area contributed by atoms with Gasteiger partial charge in [-0.2, -0.15) is 0 Å². The molecule has 0 radical (unpaired) electrons. The van der Waals surface area contributed by atoms with Crippen molar-refractivity contribution in [3.05, 3.63) is 168 Å². The second-order valence-electron chi connectivity index (χ2n) is 13.2. The van der Waals surface area contributed by atoms with Crippen LogP contribution in [0.2, 0.25) is 0 Å². The van der Waals surface area contributed by atoms with E-state index in [1.807, 2.05) is 12.1 Å². The highest BCUT2D eigenvalue weighted by atomic mass is 16.3. The van der Waals surface area contributed by atoms with E-state index in [0.29, 0.717) is 5.89 Å². The number of aromatic nitrogens is 1. The quantitative estimate of drug-likeness (QED) is 0.195. The number of benzene rings is 6. The van der Waals surface area contributed by atoms with Crippen molar-refractivity contribution in [1.82, 2.24) is 4.98 Å². The van der Waals surface area contributed by atoms with Crippen molar-refractivity contribution in [3.8, 4) is 22.6 Å². The Kier molecular flexibility index (Phi) is 6.29. The first-order chi connectivity index (χ1) is 23.0. The standard InChI is InChI=1S/C44H34N2O/c1-44(2)39-18-9-8-17-37(39)38-28-35(24-25-40(38)44)46(34-15-10-14-32(27-34)29-11-4-3-5-12-29)33-22-19-31(20-23-33)43-45-41-26-21-30-13-6-7-16-36(30)42(41)47-43/h3-26,28,34H,27H2,1-2H3. The van der Waals surface area contributed by atoms with Crippen molar-refractivity contribution in [1.29, 1.82) is 0 Å². The number of hydrogen-bond donors (Lipinski definition) is 0. The van der Waals surface area contributed by atoms with E-state index in [4.69, 9.17) is 9.40 Å². The lowest BCUT2D eigenvalue weighted by atomic mass is 9.82. The van der Waals surface area contributed by atoms with Gasteiger partial charge in [0.1, 0.15) is 5.52 Å². The molecule has 1 heterocycles. The Morgan fingerprint density at radius 3 is 2.30 bits per heavy atom. The molecule has 47 heavy (non-hydrogen) atoms. The van der Waals surface area contributed by atoms with E-state index >= 15 is 0 Å². The van der Waals surface area contributed by atoms with E-state index in [2.05, 4.69) is 158 Å². The molecule has 9 rings (SSSR count). The van der Waals surface area contributed by atoms with Gasteiger partial charge in [0.2, 0.25) is 5.89 Å². The average Bonchev–Trinajstić information content (AvgIpc) is 3.66. The van der Waals surface area contributed by atoms with Gasteiger partial charge in [-0.05, 0) is 87.7 Å². The molecule has 0 saturated carbocycles. The van der Waals surface area contributed by atoms with Crippen molar-refractivity contribution in [3.63, 3.8) is 0 Å². The Balaban J connectivity index is 1.13. The van der Waals surface area contributed by atoms with E-state index in [1.165, 1.54) is 39.1 Å². The fourth-order valence-electron chi connectivity index (χ4n) is 7.64. The number of anilines is 2. The van der Waals surface area contributed by atoms with Gasteiger partial charge in [0.05, 0.1) is 6.04 Å². The molecule has 0 saturated heterocycles. The third-order valence-corrected chi connectivity index (χ3v) is 10.1. The highest BCUT2D eigenvalue weighted by Gasteiger charge is 2.36. The highest BCUT2D eigenvalue weighted by molar-refractivity contribution is 6.03. The lowest BCUT2D eigenvalue weighted by molar-refractivity contribution is 0.623. The molecule has 6 aromatic carbocycles. The molecule has 2 aliphatic rings. The summed E-state index contributed by atoms with van der Waals surface area (Å²) in [5.74, 6) is 0.637. The summed E-state index contributed by atoms with van der Waals surface area (Å²) in [5.41, 5.74) is 13.0. The maximum Gasteiger partial charge on any atom is 0.227 e. The van der Waals surface area contributed by atoms with Crippen LogP contribution in [0.25, 0.3) is 50.0 Å². The minimum atomic E-state index is -0.0319. The predicted octanol–water partition coefficient (Wildman–Crippen LogP) is 11.5. The molecule has 0 fully saturated rings. The SMILES string of the molecule is CC1(C)c2ccccc2-c2cc(N(c3ccc(-c4nc5ccc6ccccc6c5o4)cc3)C3C=CC=C(c4ccccc4)C3)ccc21. The van der Waals surface area contributed by atoms with Crippen LogP contribution in [-0.2, 0) is 5.41 Å². The maximum absolute atomic E-state index is 6.39. The molecule has 1 unspecified atom stereocenters. The molecule has 1 atom stereocenters. The lowest BCUT2D eigenvalue weighted by Gasteiger charge is -2.35. The molecule has 0 bridgehead atoms. The molecule has 7 aromatic rings. The van der Waals surface area contributed by atoms with Crippen molar-refractivity contribution >= 4 is 38.8 Å². The molecular weight excluding hydrogens is 572 g/mol. The number of rotatable bonds is 5. The second-order valence-corrected chi connectivity index (χ2v) is 13.2. The molecule has 0 N–H and O–H groups in total. The number of hydrogen-bond acceptors (Lipinski definition) is 3. The number of allylic oxidation sites excluding steroid dienone is 2. The summed E-state index contributed by atoms with van der Waals surface area (Å²) >= 11 is 0. The Bertz CT molecular complexity index is 2360. The Hall–Kier alpha value is -5.67. The van der Waals surface area contributed by atoms with Crippen molar-refractivity contribution in [2.24, 2.45) is 0 Å². The van der Waals surface area contributed by atoms with Gasteiger partial charge in [-0.3, -0.25) is 0 Å². The second kappa shape index (κ2) is 10.7. The first kappa shape index (κ1) is 27.6. The van der Waals surface area contributed by atoms with E-state index in [-0.39, 0.29) is 11.5 Å². The van der Waals surface area contributed by atoms with Crippen LogP contribution in [0.4, 0.5) is 11.4 Å². The summed E-state index contributed by atoms with van der Waals surface area (Å²) in [6.07, 6.45) is 7.70. The van der Waals surface area contributed by atoms with E-state index in [9.17, 15) is 0 Å². The minimum Gasteiger partial charge on any atom is -0.435 e. The molecular formula is C44H34N2O. The van der Waals surface area contributed by atoms with Crippen LogP contribution >= 0.6 is 0 Å². The zero-order valence-corrected chi connectivity index (χ0v) is 26.5. The van der Waals surface area contributed by atoms with Crippen molar-refractivity contribution in [2.45, 2.75) is 31.7 Å².